The molecule has 0 amide bonds. The van der Waals surface area contributed by atoms with Gasteiger partial charge in [-0.15, -0.1) is 0 Å². The van der Waals surface area contributed by atoms with Gasteiger partial charge in [-0.05, 0) is 42.8 Å². The predicted molar refractivity (Wildman–Crippen MR) is 85.1 cm³/mol. The molecular formula is C18H16N2O2. The van der Waals surface area contributed by atoms with Crippen molar-refractivity contribution < 1.29 is 9.53 Å². The largest absolute Gasteiger partial charge is 0.494 e. The van der Waals surface area contributed by atoms with Crippen LogP contribution in [0.4, 0.5) is 0 Å². The molecule has 0 aliphatic rings. The zero-order valence-electron chi connectivity index (χ0n) is 12.3. The van der Waals surface area contributed by atoms with Crippen LogP contribution in [0.3, 0.4) is 0 Å². The van der Waals surface area contributed by atoms with Crippen molar-refractivity contribution >= 4 is 17.2 Å². The lowest BCUT2D eigenvalue weighted by Gasteiger charge is -2.13. The predicted octanol–water partition coefficient (Wildman–Crippen LogP) is 3.36. The number of hydrogen-bond acceptors (Lipinski definition) is 4. The number of carbonyl (C=O) groups is 1. The van der Waals surface area contributed by atoms with Crippen LogP contribution in [0.1, 0.15) is 24.1 Å². The molecular weight excluding hydrogens is 276 g/mol. The van der Waals surface area contributed by atoms with Crippen LogP contribution in [0, 0.1) is 0 Å². The van der Waals surface area contributed by atoms with Crippen LogP contribution < -0.4 is 4.74 Å². The third-order valence-corrected chi connectivity index (χ3v) is 3.54. The van der Waals surface area contributed by atoms with E-state index >= 15 is 0 Å². The number of nitrogens with zero attached hydrogens (tertiary/aromatic N) is 2. The Kier molecular flexibility index (Phi) is 4.10. The molecule has 1 unspecified atom stereocenters. The molecule has 1 atom stereocenters. The molecule has 0 bridgehead atoms. The summed E-state index contributed by atoms with van der Waals surface area (Å²) in [6.07, 6.45) is 4.34. The number of rotatable bonds is 5. The standard InChI is InChI=1S/C18H16N2O2/c1-2-22-13-6-7-15-14(8-10-20-18(15)11-13)16(12-21)17-5-3-4-9-19-17/h3-12,16H,2H2,1H3. The Labute approximate surface area is 128 Å². The number of aldehydes is 1. The van der Waals surface area contributed by atoms with Gasteiger partial charge >= 0.3 is 0 Å². The molecule has 3 rings (SSSR count). The third kappa shape index (κ3) is 2.68. The highest BCUT2D eigenvalue weighted by molar-refractivity contribution is 5.87. The van der Waals surface area contributed by atoms with E-state index in [0.29, 0.717) is 6.61 Å². The van der Waals surface area contributed by atoms with Gasteiger partial charge in [0.2, 0.25) is 0 Å². The molecule has 4 nitrogen and oxygen atoms in total. The Hall–Kier alpha value is -2.75. The molecule has 0 saturated heterocycles. The van der Waals surface area contributed by atoms with Gasteiger partial charge < -0.3 is 9.53 Å². The van der Waals surface area contributed by atoms with E-state index < -0.39 is 5.92 Å². The fraction of sp³-hybridized carbons (Fsp3) is 0.167. The van der Waals surface area contributed by atoms with Gasteiger partial charge in [0.25, 0.3) is 0 Å². The fourth-order valence-corrected chi connectivity index (χ4v) is 2.54. The lowest BCUT2D eigenvalue weighted by Crippen LogP contribution is -2.05. The monoisotopic (exact) mass is 292 g/mol. The van der Waals surface area contributed by atoms with Crippen LogP contribution in [0.2, 0.25) is 0 Å². The highest BCUT2D eigenvalue weighted by Crippen LogP contribution is 2.29. The minimum atomic E-state index is -0.398. The van der Waals surface area contributed by atoms with Crippen LogP contribution >= 0.6 is 0 Å². The Morgan fingerprint density at radius 3 is 2.77 bits per heavy atom. The second kappa shape index (κ2) is 6.35. The van der Waals surface area contributed by atoms with Crippen LogP contribution in [-0.4, -0.2) is 22.9 Å². The Morgan fingerprint density at radius 2 is 2.05 bits per heavy atom. The maximum atomic E-state index is 11.6. The third-order valence-electron chi connectivity index (χ3n) is 3.54. The molecule has 3 aromatic rings. The average Bonchev–Trinajstić information content (AvgIpc) is 2.57. The van der Waals surface area contributed by atoms with Crippen molar-refractivity contribution in [3.05, 3.63) is 66.1 Å². The summed E-state index contributed by atoms with van der Waals surface area (Å²) >= 11 is 0. The summed E-state index contributed by atoms with van der Waals surface area (Å²) in [4.78, 5) is 20.3. The minimum absolute atomic E-state index is 0.398. The fourth-order valence-electron chi connectivity index (χ4n) is 2.54. The zero-order valence-corrected chi connectivity index (χ0v) is 12.3. The van der Waals surface area contributed by atoms with Crippen molar-refractivity contribution in [2.75, 3.05) is 6.61 Å². The van der Waals surface area contributed by atoms with Crippen LogP contribution in [0.5, 0.6) is 5.75 Å². The summed E-state index contributed by atoms with van der Waals surface area (Å²) in [6.45, 7) is 2.55. The first kappa shape index (κ1) is 14.2. The molecule has 2 aromatic heterocycles. The Morgan fingerprint density at radius 1 is 1.14 bits per heavy atom. The smallest absolute Gasteiger partial charge is 0.133 e. The quantitative estimate of drug-likeness (QED) is 0.677. The van der Waals surface area contributed by atoms with Gasteiger partial charge in [0, 0.05) is 23.8 Å². The summed E-state index contributed by atoms with van der Waals surface area (Å²) in [5.41, 5.74) is 2.45. The normalized spacial score (nSPS) is 12.0. The number of ether oxygens (including phenoxy) is 1. The molecule has 0 fully saturated rings. The molecule has 0 aliphatic heterocycles. The van der Waals surface area contributed by atoms with Gasteiger partial charge in [-0.1, -0.05) is 6.07 Å². The van der Waals surface area contributed by atoms with Gasteiger partial charge in [-0.2, -0.15) is 0 Å². The summed E-state index contributed by atoms with van der Waals surface area (Å²) in [6, 6.07) is 13.2. The molecule has 2 heterocycles. The van der Waals surface area contributed by atoms with Gasteiger partial charge in [0.1, 0.15) is 12.0 Å². The summed E-state index contributed by atoms with van der Waals surface area (Å²) in [5.74, 6) is 0.379. The van der Waals surface area contributed by atoms with E-state index in [4.69, 9.17) is 4.74 Å². The maximum absolute atomic E-state index is 11.6. The molecule has 110 valence electrons. The summed E-state index contributed by atoms with van der Waals surface area (Å²) in [7, 11) is 0. The van der Waals surface area contributed by atoms with E-state index in [-0.39, 0.29) is 0 Å². The molecule has 1 aromatic carbocycles. The zero-order chi connectivity index (χ0) is 15.4. The highest BCUT2D eigenvalue weighted by atomic mass is 16.5. The lowest BCUT2D eigenvalue weighted by molar-refractivity contribution is -0.108. The highest BCUT2D eigenvalue weighted by Gasteiger charge is 2.17. The van der Waals surface area contributed by atoms with E-state index in [1.54, 1.807) is 12.4 Å². The Balaban J connectivity index is 2.11. The molecule has 0 spiro atoms. The second-order valence-corrected chi connectivity index (χ2v) is 4.88. The number of hydrogen-bond donors (Lipinski definition) is 0. The average molecular weight is 292 g/mol. The van der Waals surface area contributed by atoms with Crippen molar-refractivity contribution in [3.63, 3.8) is 0 Å². The van der Waals surface area contributed by atoms with E-state index in [9.17, 15) is 4.79 Å². The number of fused-ring (bicyclic) bond motifs is 1. The van der Waals surface area contributed by atoms with E-state index in [1.165, 1.54) is 0 Å². The first-order valence-corrected chi connectivity index (χ1v) is 7.21. The first-order valence-electron chi connectivity index (χ1n) is 7.21. The van der Waals surface area contributed by atoms with Crippen molar-refractivity contribution in [2.24, 2.45) is 0 Å². The number of carbonyl (C=O) groups excluding carboxylic acids is 1. The molecule has 0 aliphatic carbocycles. The van der Waals surface area contributed by atoms with Gasteiger partial charge in [-0.3, -0.25) is 9.97 Å². The van der Waals surface area contributed by atoms with Crippen LogP contribution in [0.15, 0.2) is 54.9 Å². The number of aromatic nitrogens is 2. The van der Waals surface area contributed by atoms with Crippen molar-refractivity contribution in [3.8, 4) is 5.75 Å². The molecule has 0 saturated carbocycles. The Bertz CT molecular complexity index is 787. The van der Waals surface area contributed by atoms with Gasteiger partial charge in [0.05, 0.1) is 23.7 Å². The second-order valence-electron chi connectivity index (χ2n) is 4.88. The minimum Gasteiger partial charge on any atom is -0.494 e. The summed E-state index contributed by atoms with van der Waals surface area (Å²) < 4.78 is 5.50. The van der Waals surface area contributed by atoms with Crippen molar-refractivity contribution in [2.45, 2.75) is 12.8 Å². The molecule has 4 heteroatoms. The van der Waals surface area contributed by atoms with Gasteiger partial charge in [0.15, 0.2) is 0 Å². The van der Waals surface area contributed by atoms with Crippen LogP contribution in [0.25, 0.3) is 10.9 Å². The van der Waals surface area contributed by atoms with Crippen molar-refractivity contribution in [1.29, 1.82) is 0 Å². The lowest BCUT2D eigenvalue weighted by atomic mass is 9.93. The van der Waals surface area contributed by atoms with E-state index in [2.05, 4.69) is 9.97 Å². The van der Waals surface area contributed by atoms with Crippen LogP contribution in [-0.2, 0) is 4.79 Å². The topological polar surface area (TPSA) is 52.1 Å². The molecule has 0 N–H and O–H groups in total. The van der Waals surface area contributed by atoms with E-state index in [0.717, 1.165) is 34.2 Å². The molecule has 22 heavy (non-hydrogen) atoms. The molecule has 0 radical (unpaired) electrons. The van der Waals surface area contributed by atoms with Crippen molar-refractivity contribution in [1.82, 2.24) is 9.97 Å². The van der Waals surface area contributed by atoms with Gasteiger partial charge in [-0.25, -0.2) is 0 Å². The first-order chi connectivity index (χ1) is 10.8. The summed E-state index contributed by atoms with van der Waals surface area (Å²) in [5, 5.41) is 0.939. The number of pyridine rings is 2. The van der Waals surface area contributed by atoms with E-state index in [1.807, 2.05) is 49.4 Å². The number of benzene rings is 1. The SMILES string of the molecule is CCOc1ccc2c(C(C=O)c3ccccn3)ccnc2c1. The maximum Gasteiger partial charge on any atom is 0.133 e.